The van der Waals surface area contributed by atoms with Gasteiger partial charge in [0.15, 0.2) is 11.6 Å². The van der Waals surface area contributed by atoms with Crippen LogP contribution in [0, 0.1) is 13.8 Å². The molecule has 8 aromatic rings. The van der Waals surface area contributed by atoms with Gasteiger partial charge in [-0.2, -0.15) is 0 Å². The molecule has 0 unspecified atom stereocenters. The Bertz CT molecular complexity index is 3290. The molecule has 0 aliphatic carbocycles. The molecule has 0 N–H and O–H groups in total. The number of piperazine rings is 1. The van der Waals surface area contributed by atoms with Gasteiger partial charge < -0.3 is 29.4 Å². The van der Waals surface area contributed by atoms with E-state index in [0.29, 0.717) is 24.7 Å². The minimum absolute atomic E-state index is 0.00451. The first kappa shape index (κ1) is 49.3. The van der Waals surface area contributed by atoms with Gasteiger partial charge in [0, 0.05) is 63.5 Å². The van der Waals surface area contributed by atoms with Crippen molar-refractivity contribution in [3.63, 3.8) is 0 Å². The van der Waals surface area contributed by atoms with E-state index in [-0.39, 0.29) is 48.4 Å². The van der Waals surface area contributed by atoms with Crippen molar-refractivity contribution in [2.75, 3.05) is 46.8 Å². The molecule has 1 saturated heterocycles. The number of aromatic nitrogens is 6. The van der Waals surface area contributed by atoms with Crippen LogP contribution in [0.1, 0.15) is 71.2 Å². The Hall–Kier alpha value is -8.92. The molecule has 0 bridgehead atoms. The predicted molar refractivity (Wildman–Crippen MR) is 295 cm³/mol. The molecule has 11 rings (SSSR count). The topological polar surface area (TPSA) is 149 Å². The number of fused-ring (bicyclic) bond motifs is 2. The molecule has 0 radical (unpaired) electrons. The van der Waals surface area contributed by atoms with Crippen LogP contribution in [0.25, 0.3) is 34.2 Å². The molecule has 6 aromatic carbocycles. The fourth-order valence-electron chi connectivity index (χ4n) is 10.7. The van der Waals surface area contributed by atoms with Gasteiger partial charge in [-0.3, -0.25) is 19.2 Å². The van der Waals surface area contributed by atoms with Gasteiger partial charge in [-0.15, -0.1) is 10.2 Å². The van der Waals surface area contributed by atoms with Crippen molar-refractivity contribution >= 4 is 46.4 Å². The number of amides is 4. The Morgan fingerprint density at radius 3 is 1.22 bits per heavy atom. The molecule has 4 atom stereocenters. The number of carbonyl (C=O) groups excluding carboxylic acids is 4. The summed E-state index contributed by atoms with van der Waals surface area (Å²) in [6.45, 7) is 13.2. The van der Waals surface area contributed by atoms with Crippen LogP contribution in [-0.4, -0.2) is 114 Å². The lowest BCUT2D eigenvalue weighted by Gasteiger charge is -2.43. The second-order valence-corrected chi connectivity index (χ2v) is 20.4. The maximum atomic E-state index is 14.8. The van der Waals surface area contributed by atoms with E-state index in [9.17, 15) is 19.2 Å². The van der Waals surface area contributed by atoms with Crippen molar-refractivity contribution in [2.45, 2.75) is 78.8 Å². The van der Waals surface area contributed by atoms with Crippen molar-refractivity contribution in [1.29, 1.82) is 0 Å². The number of benzene rings is 6. The standard InChI is InChI=1S/C60H60N12O4/c1-37-19-25-47(26-20-37)71-55(45-23-29-49-51(31-45)69(41(5)57(73)65(49)7)35-43-15-11-9-12-16-43)61-53(63-71)59(75)67-33-40(4)68(34-39(67)3)60(76)54-62-56(72(64-54)48-27-21-38(2)22-28-48)46-24-30-50-52(32-46)70(42(6)58(74)66(50)8)36-44-17-13-10-14-18-44/h9-32,39-42H,33-36H2,1-8H3/t39-,40+,41-,42-/m1/s1. The van der Waals surface area contributed by atoms with E-state index in [0.717, 1.165) is 67.5 Å². The first-order chi connectivity index (χ1) is 36.6. The first-order valence-electron chi connectivity index (χ1n) is 25.8. The average Bonchev–Trinajstić information content (AvgIpc) is 4.10. The predicted octanol–water partition coefficient (Wildman–Crippen LogP) is 8.92. The smallest absolute Gasteiger partial charge is 0.293 e. The van der Waals surface area contributed by atoms with Crippen LogP contribution >= 0.6 is 0 Å². The first-order valence-corrected chi connectivity index (χ1v) is 25.8. The Labute approximate surface area is 442 Å². The van der Waals surface area contributed by atoms with Crippen LogP contribution < -0.4 is 19.6 Å². The fourth-order valence-corrected chi connectivity index (χ4v) is 10.7. The zero-order valence-corrected chi connectivity index (χ0v) is 44.0. The Morgan fingerprint density at radius 2 is 0.855 bits per heavy atom. The largest absolute Gasteiger partial charge is 0.354 e. The lowest BCUT2D eigenvalue weighted by Crippen LogP contribution is -2.59. The Balaban J connectivity index is 0.897. The summed E-state index contributed by atoms with van der Waals surface area (Å²) in [5, 5.41) is 9.83. The summed E-state index contributed by atoms with van der Waals surface area (Å²) in [5.74, 6) is 0.260. The van der Waals surface area contributed by atoms with Gasteiger partial charge in [0.2, 0.25) is 23.5 Å². The molecular weight excluding hydrogens is 953 g/mol. The van der Waals surface area contributed by atoms with Crippen LogP contribution in [0.4, 0.5) is 22.7 Å². The van der Waals surface area contributed by atoms with Crippen LogP contribution in [0.3, 0.4) is 0 Å². The normalized spacial score (nSPS) is 18.5. The monoisotopic (exact) mass is 1010 g/mol. The average molecular weight is 1010 g/mol. The number of nitrogens with zero attached hydrogens (tertiary/aromatic N) is 12. The molecule has 4 amide bonds. The molecule has 2 aromatic heterocycles. The molecule has 0 saturated carbocycles. The number of anilines is 4. The Kier molecular flexibility index (Phi) is 12.8. The number of hydrogen-bond donors (Lipinski definition) is 0. The Morgan fingerprint density at radius 1 is 0.487 bits per heavy atom. The SMILES string of the molecule is Cc1ccc(-n2nc(C(=O)N3C[C@H](C)N(C(=O)c4nc(-c5ccc6c(c5)N(Cc5ccccc5)[C@H](C)C(=O)N6C)n(-c5ccc(C)cc5)n4)C[C@H]3C)nc2-c2ccc3c(c2)N(Cc2ccccc2)[C@H](C)C(=O)N3C)cc1. The maximum Gasteiger partial charge on any atom is 0.293 e. The van der Waals surface area contributed by atoms with Gasteiger partial charge in [-0.1, -0.05) is 96.1 Å². The van der Waals surface area contributed by atoms with Crippen molar-refractivity contribution in [3.8, 4) is 34.2 Å². The third-order valence-corrected chi connectivity index (χ3v) is 15.2. The van der Waals surface area contributed by atoms with Crippen LogP contribution in [0.5, 0.6) is 0 Å². The van der Waals surface area contributed by atoms with Crippen molar-refractivity contribution in [3.05, 3.63) is 179 Å². The number of rotatable bonds is 10. The molecule has 1 fully saturated rings. The zero-order chi connectivity index (χ0) is 53.1. The van der Waals surface area contributed by atoms with Crippen LogP contribution in [0.2, 0.25) is 0 Å². The lowest BCUT2D eigenvalue weighted by atomic mass is 10.0. The number of aryl methyl sites for hydroxylation is 2. The minimum atomic E-state index is -0.428. The van der Waals surface area contributed by atoms with E-state index < -0.39 is 24.2 Å². The fraction of sp³-hybridized carbons (Fsp3) is 0.267. The lowest BCUT2D eigenvalue weighted by molar-refractivity contribution is -0.120. The summed E-state index contributed by atoms with van der Waals surface area (Å²) >= 11 is 0. The molecule has 384 valence electrons. The van der Waals surface area contributed by atoms with E-state index in [1.54, 1.807) is 43.1 Å². The highest BCUT2D eigenvalue weighted by Crippen LogP contribution is 2.41. The van der Waals surface area contributed by atoms with Crippen molar-refractivity contribution < 1.29 is 19.2 Å². The molecule has 76 heavy (non-hydrogen) atoms. The van der Waals surface area contributed by atoms with Crippen LogP contribution in [-0.2, 0) is 22.7 Å². The van der Waals surface area contributed by atoms with E-state index >= 15 is 0 Å². The quantitative estimate of drug-likeness (QED) is 0.130. The van der Waals surface area contributed by atoms with E-state index in [1.165, 1.54) is 0 Å². The van der Waals surface area contributed by atoms with Gasteiger partial charge in [-0.25, -0.2) is 19.3 Å². The minimum Gasteiger partial charge on any atom is -0.354 e. The third-order valence-electron chi connectivity index (χ3n) is 15.2. The molecule has 3 aliphatic rings. The summed E-state index contributed by atoms with van der Waals surface area (Å²) < 4.78 is 3.42. The summed E-state index contributed by atoms with van der Waals surface area (Å²) in [4.78, 5) is 77.9. The van der Waals surface area contributed by atoms with Crippen molar-refractivity contribution in [1.82, 2.24) is 39.3 Å². The zero-order valence-electron chi connectivity index (χ0n) is 44.0. The second kappa shape index (κ2) is 19.7. The number of likely N-dealkylation sites (N-methyl/N-ethyl adjacent to an activating group) is 2. The molecule has 5 heterocycles. The summed E-state index contributed by atoms with van der Waals surface area (Å²) in [5.41, 5.74) is 10.5. The molecule has 16 heteroatoms. The molecule has 3 aliphatic heterocycles. The van der Waals surface area contributed by atoms with Gasteiger partial charge >= 0.3 is 0 Å². The highest BCUT2D eigenvalue weighted by Gasteiger charge is 2.40. The number of carbonyl (C=O) groups is 4. The maximum absolute atomic E-state index is 14.8. The van der Waals surface area contributed by atoms with Crippen molar-refractivity contribution in [2.24, 2.45) is 0 Å². The third kappa shape index (κ3) is 8.92. The molecule has 16 nitrogen and oxygen atoms in total. The molecular formula is C60H60N12O4. The van der Waals surface area contributed by atoms with E-state index in [4.69, 9.17) is 20.2 Å². The summed E-state index contributed by atoms with van der Waals surface area (Å²) in [6, 6.07) is 46.0. The highest BCUT2D eigenvalue weighted by atomic mass is 16.2. The van der Waals surface area contributed by atoms with Gasteiger partial charge in [0.25, 0.3) is 11.8 Å². The second-order valence-electron chi connectivity index (χ2n) is 20.4. The van der Waals surface area contributed by atoms with Gasteiger partial charge in [-0.05, 0) is 113 Å². The van der Waals surface area contributed by atoms with Gasteiger partial charge in [0.1, 0.15) is 12.1 Å². The van der Waals surface area contributed by atoms with E-state index in [1.807, 2.05) is 163 Å². The van der Waals surface area contributed by atoms with Gasteiger partial charge in [0.05, 0.1) is 34.1 Å². The van der Waals surface area contributed by atoms with E-state index in [2.05, 4.69) is 34.1 Å². The summed E-state index contributed by atoms with van der Waals surface area (Å²) in [6.07, 6.45) is 0. The van der Waals surface area contributed by atoms with Crippen LogP contribution in [0.15, 0.2) is 146 Å². The molecule has 0 spiro atoms. The summed E-state index contributed by atoms with van der Waals surface area (Å²) in [7, 11) is 3.59. The highest BCUT2D eigenvalue weighted by molar-refractivity contribution is 6.06. The number of hydrogen-bond acceptors (Lipinski definition) is 10.